The van der Waals surface area contributed by atoms with Crippen molar-refractivity contribution in [2.75, 3.05) is 18.4 Å². The zero-order chi connectivity index (χ0) is 19.6. The fourth-order valence-corrected chi connectivity index (χ4v) is 2.16. The Morgan fingerprint density at radius 2 is 1.75 bits per heavy atom. The summed E-state index contributed by atoms with van der Waals surface area (Å²) in [4.78, 5) is 28.1. The van der Waals surface area contributed by atoms with E-state index in [4.69, 9.17) is 44.6 Å². The molecule has 0 aliphatic heterocycles. The maximum Gasteiger partial charge on any atom is 0.351 e. The standard InChI is InChI=1S/C7H10O2.C6H11Cl2O3P.C2H3Cl/c1-4-5-9-7(8)6(2)3;7-4-1-2-6(3-5-8)12(9,10)11;1-2-3/h4H,1-2,5H2,3H3;2H,1,3-5H2,(H2,9,10,11);2H,1H2. The van der Waals surface area contributed by atoms with Crippen LogP contribution in [-0.4, -0.2) is 34.1 Å². The number of carbonyl (C=O) groups excluding carboxylic acids is 1. The average molecular weight is 422 g/mol. The minimum absolute atomic E-state index is 0.0816. The van der Waals surface area contributed by atoms with Crippen LogP contribution in [0.15, 0.2) is 48.3 Å². The highest BCUT2D eigenvalue weighted by Gasteiger charge is 2.19. The average Bonchev–Trinajstić information content (AvgIpc) is 2.49. The van der Waals surface area contributed by atoms with Crippen molar-refractivity contribution in [3.05, 3.63) is 48.3 Å². The van der Waals surface area contributed by atoms with Gasteiger partial charge in [0.05, 0.1) is 0 Å². The predicted molar refractivity (Wildman–Crippen MR) is 103 cm³/mol. The van der Waals surface area contributed by atoms with E-state index in [1.807, 2.05) is 0 Å². The first kappa shape index (κ1) is 28.3. The Balaban J connectivity index is -0.000000324. The minimum Gasteiger partial charge on any atom is -0.458 e. The van der Waals surface area contributed by atoms with Crippen LogP contribution in [0.2, 0.25) is 0 Å². The number of hydrogen-bond donors (Lipinski definition) is 2. The normalized spacial score (nSPS) is 10.3. The van der Waals surface area contributed by atoms with Crippen molar-refractivity contribution >= 4 is 48.4 Å². The van der Waals surface area contributed by atoms with Crippen LogP contribution in [0.4, 0.5) is 0 Å². The molecule has 0 bridgehead atoms. The van der Waals surface area contributed by atoms with E-state index in [1.165, 1.54) is 17.7 Å². The fourth-order valence-electron chi connectivity index (χ4n) is 0.942. The van der Waals surface area contributed by atoms with Crippen LogP contribution in [0.1, 0.15) is 19.8 Å². The smallest absolute Gasteiger partial charge is 0.351 e. The van der Waals surface area contributed by atoms with Crippen molar-refractivity contribution in [2.24, 2.45) is 0 Å². The van der Waals surface area contributed by atoms with Crippen LogP contribution in [0.25, 0.3) is 0 Å². The second-order valence-electron chi connectivity index (χ2n) is 3.98. The number of carbonyl (C=O) groups is 1. The molecule has 0 saturated heterocycles. The molecule has 0 spiro atoms. The zero-order valence-corrected chi connectivity index (χ0v) is 16.8. The van der Waals surface area contributed by atoms with E-state index < -0.39 is 7.60 Å². The van der Waals surface area contributed by atoms with Crippen molar-refractivity contribution < 1.29 is 23.9 Å². The highest BCUT2D eigenvalue weighted by Crippen LogP contribution is 2.46. The van der Waals surface area contributed by atoms with Crippen LogP contribution in [0.3, 0.4) is 0 Å². The summed E-state index contributed by atoms with van der Waals surface area (Å²) in [5.41, 5.74) is 1.64. The van der Waals surface area contributed by atoms with E-state index in [9.17, 15) is 9.36 Å². The van der Waals surface area contributed by atoms with Gasteiger partial charge in [0.15, 0.2) is 0 Å². The minimum atomic E-state index is -4.10. The molecule has 0 radical (unpaired) electrons. The van der Waals surface area contributed by atoms with Gasteiger partial charge < -0.3 is 14.5 Å². The third-order valence-corrected chi connectivity index (χ3v) is 3.46. The first-order chi connectivity index (χ1) is 11.1. The molecule has 0 saturated carbocycles. The Bertz CT molecular complexity index is 458. The molecule has 0 aliphatic carbocycles. The molecule has 0 atom stereocenters. The summed E-state index contributed by atoms with van der Waals surface area (Å²) >= 11 is 15.5. The van der Waals surface area contributed by atoms with E-state index in [0.717, 1.165) is 0 Å². The Morgan fingerprint density at radius 1 is 1.25 bits per heavy atom. The van der Waals surface area contributed by atoms with E-state index >= 15 is 0 Å². The van der Waals surface area contributed by atoms with Gasteiger partial charge in [0.1, 0.15) is 6.61 Å². The number of esters is 1. The van der Waals surface area contributed by atoms with E-state index in [1.54, 1.807) is 6.92 Å². The molecule has 0 rings (SSSR count). The quantitative estimate of drug-likeness (QED) is 0.190. The molecule has 0 aromatic carbocycles. The Labute approximate surface area is 158 Å². The third-order valence-electron chi connectivity index (χ3n) is 1.89. The van der Waals surface area contributed by atoms with Crippen molar-refractivity contribution in [1.29, 1.82) is 0 Å². The third kappa shape index (κ3) is 21.4. The molecule has 0 amide bonds. The Hall–Kier alpha value is -0.550. The van der Waals surface area contributed by atoms with Gasteiger partial charge in [-0.15, -0.1) is 23.2 Å². The first-order valence-corrected chi connectivity index (χ1v) is 9.75. The molecule has 0 aromatic heterocycles. The molecular formula is C15H24Cl3O5P. The van der Waals surface area contributed by atoms with Crippen LogP contribution < -0.4 is 0 Å². The molecule has 140 valence electrons. The summed E-state index contributed by atoms with van der Waals surface area (Å²) in [5, 5.41) is 0.0816. The molecule has 0 unspecified atom stereocenters. The SMILES string of the molecule is C=CCOC(=O)C(=C)C.C=CCl.O=P(O)(O)C(=CCCCl)CCCl. The summed E-state index contributed by atoms with van der Waals surface area (Å²) in [5.74, 6) is 0.195. The second kappa shape index (κ2) is 18.8. The lowest BCUT2D eigenvalue weighted by Crippen LogP contribution is -2.03. The number of rotatable bonds is 8. The monoisotopic (exact) mass is 420 g/mol. The maximum atomic E-state index is 10.8. The molecule has 5 nitrogen and oxygen atoms in total. The largest absolute Gasteiger partial charge is 0.458 e. The van der Waals surface area contributed by atoms with E-state index in [2.05, 4.69) is 24.5 Å². The van der Waals surface area contributed by atoms with Crippen molar-refractivity contribution in [2.45, 2.75) is 19.8 Å². The summed E-state index contributed by atoms with van der Waals surface area (Å²) in [7, 11) is -4.10. The zero-order valence-electron chi connectivity index (χ0n) is 13.6. The molecule has 9 heteroatoms. The van der Waals surface area contributed by atoms with Crippen molar-refractivity contribution in [3.8, 4) is 0 Å². The summed E-state index contributed by atoms with van der Waals surface area (Å²) in [6, 6.07) is 0. The first-order valence-electron chi connectivity index (χ1n) is 6.63. The second-order valence-corrected chi connectivity index (χ2v) is 6.70. The molecule has 0 fully saturated rings. The van der Waals surface area contributed by atoms with Gasteiger partial charge in [0, 0.05) is 22.6 Å². The summed E-state index contributed by atoms with van der Waals surface area (Å²) in [6.45, 7) is 11.8. The lowest BCUT2D eigenvalue weighted by Gasteiger charge is -2.06. The predicted octanol–water partition coefficient (Wildman–Crippen LogP) is 4.97. The molecule has 24 heavy (non-hydrogen) atoms. The van der Waals surface area contributed by atoms with Crippen molar-refractivity contribution in [3.63, 3.8) is 0 Å². The van der Waals surface area contributed by atoms with Gasteiger partial charge in [-0.1, -0.05) is 43.5 Å². The maximum absolute atomic E-state index is 10.8. The lowest BCUT2D eigenvalue weighted by molar-refractivity contribution is -0.137. The molecule has 0 heterocycles. The van der Waals surface area contributed by atoms with Gasteiger partial charge in [0.2, 0.25) is 0 Å². The lowest BCUT2D eigenvalue weighted by atomic mass is 10.3. The highest BCUT2D eigenvalue weighted by atomic mass is 35.5. The van der Waals surface area contributed by atoms with Gasteiger partial charge in [-0.3, -0.25) is 4.57 Å². The molecule has 2 N–H and O–H groups in total. The highest BCUT2D eigenvalue weighted by molar-refractivity contribution is 7.56. The number of halogens is 3. The summed E-state index contributed by atoms with van der Waals surface area (Å²) < 4.78 is 15.3. The van der Waals surface area contributed by atoms with Crippen LogP contribution >= 0.6 is 42.4 Å². The van der Waals surface area contributed by atoms with Crippen LogP contribution in [0.5, 0.6) is 0 Å². The van der Waals surface area contributed by atoms with Crippen molar-refractivity contribution in [1.82, 2.24) is 0 Å². The topological polar surface area (TPSA) is 83.8 Å². The number of allylic oxidation sites excluding steroid dienone is 2. The Morgan fingerprint density at radius 3 is 2.04 bits per heavy atom. The molecule has 0 aliphatic rings. The van der Waals surface area contributed by atoms with Gasteiger partial charge in [0.25, 0.3) is 0 Å². The van der Waals surface area contributed by atoms with Gasteiger partial charge in [-0.2, -0.15) is 0 Å². The van der Waals surface area contributed by atoms with Gasteiger partial charge in [-0.05, 0) is 25.3 Å². The number of hydrogen-bond acceptors (Lipinski definition) is 3. The summed E-state index contributed by atoms with van der Waals surface area (Å²) in [6.07, 6.45) is 3.64. The van der Waals surface area contributed by atoms with Crippen LogP contribution in [-0.2, 0) is 14.1 Å². The van der Waals surface area contributed by atoms with Gasteiger partial charge >= 0.3 is 13.6 Å². The van der Waals surface area contributed by atoms with E-state index in [0.29, 0.717) is 17.9 Å². The number of ether oxygens (including phenoxy) is 1. The van der Waals surface area contributed by atoms with Crippen LogP contribution in [0, 0.1) is 0 Å². The van der Waals surface area contributed by atoms with Gasteiger partial charge in [-0.25, -0.2) is 4.79 Å². The number of alkyl halides is 2. The fraction of sp³-hybridized carbons (Fsp3) is 0.400. The Kier molecular flexibility index (Phi) is 22.1. The molecule has 0 aromatic rings. The van der Waals surface area contributed by atoms with E-state index in [-0.39, 0.29) is 30.2 Å². The molecular weight excluding hydrogens is 397 g/mol.